The zero-order valence-electron chi connectivity index (χ0n) is 21.7. The average molecular weight is 517 g/mol. The first-order valence-electron chi connectivity index (χ1n) is 13.7. The molecule has 1 aromatic heterocycles. The highest BCUT2D eigenvalue weighted by molar-refractivity contribution is 5.95. The summed E-state index contributed by atoms with van der Waals surface area (Å²) < 4.78 is 14.9. The van der Waals surface area contributed by atoms with E-state index in [1.165, 1.54) is 6.07 Å². The fourth-order valence-corrected chi connectivity index (χ4v) is 6.47. The van der Waals surface area contributed by atoms with Crippen LogP contribution >= 0.6 is 0 Å². The number of rotatable bonds is 5. The molecule has 8 heteroatoms. The number of likely N-dealkylation sites (tertiary alicyclic amines) is 2. The van der Waals surface area contributed by atoms with Crippen molar-refractivity contribution in [2.75, 3.05) is 26.2 Å². The molecule has 1 N–H and O–H groups in total. The molecule has 6 rings (SSSR count). The number of aromatic nitrogens is 2. The molecule has 2 saturated heterocycles. The van der Waals surface area contributed by atoms with Gasteiger partial charge in [0.25, 0.3) is 11.5 Å². The summed E-state index contributed by atoms with van der Waals surface area (Å²) in [5.74, 6) is 0.260. The summed E-state index contributed by atoms with van der Waals surface area (Å²) in [6, 6.07) is 11.9. The molecule has 198 valence electrons. The van der Waals surface area contributed by atoms with E-state index in [0.29, 0.717) is 42.4 Å². The number of hydrogen-bond donors (Lipinski definition) is 1. The van der Waals surface area contributed by atoms with Crippen LogP contribution in [0.25, 0.3) is 10.8 Å². The molecule has 2 amide bonds. The van der Waals surface area contributed by atoms with Gasteiger partial charge in [-0.3, -0.25) is 14.4 Å². The van der Waals surface area contributed by atoms with E-state index < -0.39 is 5.82 Å². The van der Waals surface area contributed by atoms with Crippen molar-refractivity contribution in [1.82, 2.24) is 20.0 Å². The molecule has 2 aliphatic heterocycles. The number of halogens is 1. The van der Waals surface area contributed by atoms with E-state index in [2.05, 4.69) is 17.1 Å². The van der Waals surface area contributed by atoms with Crippen LogP contribution in [0.2, 0.25) is 0 Å². The normalized spacial score (nSPS) is 22.3. The summed E-state index contributed by atoms with van der Waals surface area (Å²) in [7, 11) is 0. The van der Waals surface area contributed by atoms with Crippen molar-refractivity contribution in [3.8, 4) is 0 Å². The summed E-state index contributed by atoms with van der Waals surface area (Å²) >= 11 is 0. The number of hydrogen-bond acceptors (Lipinski definition) is 4. The number of amides is 2. The fourth-order valence-electron chi connectivity index (χ4n) is 6.47. The fraction of sp³-hybridized carbons (Fsp3) is 0.467. The van der Waals surface area contributed by atoms with Gasteiger partial charge >= 0.3 is 0 Å². The SMILES string of the molecule is CCC1CC1C(=O)N1CCC2(CCN(C(=O)c3cc(Cc4n[nH]c(=O)c5ccccc45)ccc3F)C2)CC1. The van der Waals surface area contributed by atoms with E-state index in [0.717, 1.165) is 56.1 Å². The number of aromatic amines is 1. The van der Waals surface area contributed by atoms with Crippen LogP contribution in [0, 0.1) is 23.1 Å². The van der Waals surface area contributed by atoms with Gasteiger partial charge in [0.2, 0.25) is 5.91 Å². The molecule has 2 aromatic carbocycles. The highest BCUT2D eigenvalue weighted by Crippen LogP contribution is 2.45. The second-order valence-electron chi connectivity index (χ2n) is 11.3. The molecule has 3 fully saturated rings. The van der Waals surface area contributed by atoms with E-state index in [9.17, 15) is 18.8 Å². The molecule has 3 aliphatic rings. The number of carbonyl (C=O) groups excluding carboxylic acids is 2. The van der Waals surface area contributed by atoms with Gasteiger partial charge < -0.3 is 9.80 Å². The van der Waals surface area contributed by atoms with Crippen LogP contribution in [0.3, 0.4) is 0 Å². The molecule has 0 radical (unpaired) electrons. The van der Waals surface area contributed by atoms with E-state index in [1.807, 2.05) is 17.0 Å². The first kappa shape index (κ1) is 24.8. The Kier molecular flexibility index (Phi) is 6.28. The summed E-state index contributed by atoms with van der Waals surface area (Å²) in [4.78, 5) is 42.2. The second kappa shape index (κ2) is 9.64. The van der Waals surface area contributed by atoms with Gasteiger partial charge in [-0.05, 0) is 60.8 Å². The van der Waals surface area contributed by atoms with Gasteiger partial charge in [-0.25, -0.2) is 9.49 Å². The third-order valence-corrected chi connectivity index (χ3v) is 9.03. The number of piperidine rings is 1. The minimum absolute atomic E-state index is 0.00693. The lowest BCUT2D eigenvalue weighted by Gasteiger charge is -2.39. The Morgan fingerprint density at radius 2 is 1.76 bits per heavy atom. The summed E-state index contributed by atoms with van der Waals surface area (Å²) in [5, 5.41) is 8.05. The molecular formula is C30H33FN4O3. The summed E-state index contributed by atoms with van der Waals surface area (Å²) in [6.45, 7) is 4.84. The van der Waals surface area contributed by atoms with Crippen molar-refractivity contribution < 1.29 is 14.0 Å². The molecule has 1 saturated carbocycles. The van der Waals surface area contributed by atoms with E-state index in [-0.39, 0.29) is 28.4 Å². The molecule has 2 atom stereocenters. The van der Waals surface area contributed by atoms with Crippen LogP contribution in [0.15, 0.2) is 47.3 Å². The second-order valence-corrected chi connectivity index (χ2v) is 11.3. The Bertz CT molecular complexity index is 1460. The largest absolute Gasteiger partial charge is 0.342 e. The van der Waals surface area contributed by atoms with E-state index in [4.69, 9.17) is 0 Å². The topological polar surface area (TPSA) is 86.4 Å². The smallest absolute Gasteiger partial charge is 0.272 e. The zero-order valence-corrected chi connectivity index (χ0v) is 21.7. The zero-order chi connectivity index (χ0) is 26.4. The average Bonchev–Trinajstić information content (AvgIpc) is 3.63. The summed E-state index contributed by atoms with van der Waals surface area (Å²) in [6.07, 6.45) is 5.13. The van der Waals surface area contributed by atoms with E-state index in [1.54, 1.807) is 29.2 Å². The number of nitrogens with one attached hydrogen (secondary N) is 1. The summed E-state index contributed by atoms with van der Waals surface area (Å²) in [5.41, 5.74) is 1.25. The quantitative estimate of drug-likeness (QED) is 0.552. The third-order valence-electron chi connectivity index (χ3n) is 9.03. The van der Waals surface area contributed by atoms with Crippen molar-refractivity contribution in [3.05, 3.63) is 75.5 Å². The van der Waals surface area contributed by atoms with Gasteiger partial charge in [-0.15, -0.1) is 0 Å². The molecule has 38 heavy (non-hydrogen) atoms. The molecule has 0 bridgehead atoms. The Morgan fingerprint density at radius 3 is 2.47 bits per heavy atom. The molecule has 1 aliphatic carbocycles. The van der Waals surface area contributed by atoms with Crippen LogP contribution in [0.5, 0.6) is 0 Å². The maximum Gasteiger partial charge on any atom is 0.272 e. The van der Waals surface area contributed by atoms with Gasteiger partial charge in [0.05, 0.1) is 16.6 Å². The van der Waals surface area contributed by atoms with Gasteiger partial charge in [0, 0.05) is 43.9 Å². The van der Waals surface area contributed by atoms with Gasteiger partial charge in [-0.2, -0.15) is 5.10 Å². The number of carbonyl (C=O) groups is 2. The highest BCUT2D eigenvalue weighted by atomic mass is 19.1. The number of fused-ring (bicyclic) bond motifs is 1. The van der Waals surface area contributed by atoms with Gasteiger partial charge in [0.1, 0.15) is 5.82 Å². The molecular weight excluding hydrogens is 483 g/mol. The van der Waals surface area contributed by atoms with Crippen molar-refractivity contribution in [2.45, 2.75) is 45.4 Å². The van der Waals surface area contributed by atoms with Gasteiger partial charge in [0.15, 0.2) is 0 Å². The monoisotopic (exact) mass is 516 g/mol. The van der Waals surface area contributed by atoms with Crippen LogP contribution in [0.1, 0.15) is 60.6 Å². The highest BCUT2D eigenvalue weighted by Gasteiger charge is 2.47. The molecule has 1 spiro atoms. The van der Waals surface area contributed by atoms with Gasteiger partial charge in [-0.1, -0.05) is 37.6 Å². The number of H-pyrrole nitrogens is 1. The third kappa shape index (κ3) is 4.50. The lowest BCUT2D eigenvalue weighted by molar-refractivity contribution is -0.135. The van der Waals surface area contributed by atoms with Crippen LogP contribution < -0.4 is 5.56 Å². The first-order chi connectivity index (χ1) is 18.4. The Morgan fingerprint density at radius 1 is 1.05 bits per heavy atom. The number of benzene rings is 2. The van der Waals surface area contributed by atoms with Crippen molar-refractivity contribution in [1.29, 1.82) is 0 Å². The lowest BCUT2D eigenvalue weighted by atomic mass is 9.77. The first-order valence-corrected chi connectivity index (χ1v) is 13.7. The Labute approximate surface area is 221 Å². The van der Waals surface area contributed by atoms with Crippen molar-refractivity contribution >= 4 is 22.6 Å². The minimum atomic E-state index is -0.533. The standard InChI is InChI=1S/C30H33FN4O3/c1-2-20-17-23(20)28(37)34-12-9-30(10-13-34)11-14-35(18-30)29(38)24-15-19(7-8-25(24)31)16-26-21-5-3-4-6-22(21)27(36)33-32-26/h3-8,15,20,23H,2,9-14,16-18H2,1H3,(H,33,36). The van der Waals surface area contributed by atoms with Crippen molar-refractivity contribution in [2.24, 2.45) is 17.3 Å². The number of nitrogens with zero attached hydrogens (tertiary/aromatic N) is 3. The van der Waals surface area contributed by atoms with Crippen molar-refractivity contribution in [3.63, 3.8) is 0 Å². The minimum Gasteiger partial charge on any atom is -0.342 e. The predicted molar refractivity (Wildman–Crippen MR) is 142 cm³/mol. The van der Waals surface area contributed by atoms with Crippen LogP contribution in [0.4, 0.5) is 4.39 Å². The molecule has 2 unspecified atom stereocenters. The van der Waals surface area contributed by atoms with Crippen LogP contribution in [-0.4, -0.2) is 58.0 Å². The van der Waals surface area contributed by atoms with Crippen LogP contribution in [-0.2, 0) is 11.2 Å². The predicted octanol–water partition coefficient (Wildman–Crippen LogP) is 4.15. The molecule has 3 heterocycles. The van der Waals surface area contributed by atoms with E-state index >= 15 is 0 Å². The Balaban J connectivity index is 1.14. The molecule has 3 aromatic rings. The molecule has 7 nitrogen and oxygen atoms in total. The lowest BCUT2D eigenvalue weighted by Crippen LogP contribution is -2.45. The maximum atomic E-state index is 14.9. The maximum absolute atomic E-state index is 14.9. The Hall–Kier alpha value is -3.55.